The molecule has 1 aromatic rings. The van der Waals surface area contributed by atoms with E-state index in [1.165, 1.54) is 18.3 Å². The summed E-state index contributed by atoms with van der Waals surface area (Å²) < 4.78 is 4.26. The first-order valence-electron chi connectivity index (χ1n) is 5.19. The number of esters is 1. The molecule has 0 bridgehead atoms. The average Bonchev–Trinajstić information content (AvgIpc) is 2.43. The van der Waals surface area contributed by atoms with E-state index in [4.69, 9.17) is 5.11 Å². The molecule has 0 spiro atoms. The van der Waals surface area contributed by atoms with E-state index in [2.05, 4.69) is 15.0 Å². The lowest BCUT2D eigenvalue weighted by molar-refractivity contribution is -0.149. The maximum absolute atomic E-state index is 11.7. The first kappa shape index (κ1) is 14.6. The number of amides is 1. The van der Waals surface area contributed by atoms with E-state index in [1.54, 1.807) is 0 Å². The van der Waals surface area contributed by atoms with Crippen LogP contribution in [0.25, 0.3) is 0 Å². The lowest BCUT2D eigenvalue weighted by atomic mass is 10.2. The number of carbonyl (C=O) groups is 3. The highest BCUT2D eigenvalue weighted by molar-refractivity contribution is 6.03. The predicted molar refractivity (Wildman–Crippen MR) is 61.6 cm³/mol. The molecule has 1 aromatic heterocycles. The Balaban J connectivity index is 2.74. The molecule has 102 valence electrons. The number of aliphatic hydroxyl groups excluding tert-OH is 1. The number of nitrogens with zero attached hydrogens (tertiary/aromatic N) is 1. The number of carbonyl (C=O) groups excluding carboxylic acids is 2. The third-order valence-electron chi connectivity index (χ3n) is 2.18. The maximum Gasteiger partial charge on any atom is 0.338 e. The average molecular weight is 268 g/mol. The second kappa shape index (κ2) is 6.45. The molecular formula is C11H12N2O6. The van der Waals surface area contributed by atoms with Crippen LogP contribution < -0.4 is 5.32 Å². The predicted octanol–water partition coefficient (Wildman–Crippen LogP) is -0.957. The first-order chi connectivity index (χ1) is 8.97. The number of carboxylic acid groups (broad SMARTS) is 1. The fraction of sp³-hybridized carbons (Fsp3) is 0.273. The number of aromatic carboxylic acids is 1. The van der Waals surface area contributed by atoms with Gasteiger partial charge in [-0.25, -0.2) is 9.59 Å². The quantitative estimate of drug-likeness (QED) is 0.587. The highest BCUT2D eigenvalue weighted by Gasteiger charge is 2.20. The lowest BCUT2D eigenvalue weighted by Gasteiger charge is -2.10. The van der Waals surface area contributed by atoms with Crippen LogP contribution in [0.15, 0.2) is 18.3 Å². The summed E-state index contributed by atoms with van der Waals surface area (Å²) in [4.78, 5) is 37.1. The van der Waals surface area contributed by atoms with Gasteiger partial charge in [-0.3, -0.25) is 9.78 Å². The Morgan fingerprint density at radius 3 is 2.74 bits per heavy atom. The minimum absolute atomic E-state index is 0.271. The molecule has 0 saturated carbocycles. The van der Waals surface area contributed by atoms with Crippen molar-refractivity contribution in [3.8, 4) is 0 Å². The summed E-state index contributed by atoms with van der Waals surface area (Å²) in [5.41, 5.74) is -0.570. The smallest absolute Gasteiger partial charge is 0.338 e. The number of hydrogen-bond acceptors (Lipinski definition) is 6. The molecule has 1 rings (SSSR count). The summed E-state index contributed by atoms with van der Waals surface area (Å²) in [5.74, 6) is -3.01. The molecule has 0 radical (unpaired) electrons. The van der Waals surface area contributed by atoms with Crippen molar-refractivity contribution in [2.75, 3.05) is 13.7 Å². The van der Waals surface area contributed by atoms with Crippen molar-refractivity contribution in [2.24, 2.45) is 0 Å². The van der Waals surface area contributed by atoms with Crippen LogP contribution in [0.3, 0.4) is 0 Å². The van der Waals surface area contributed by atoms with Gasteiger partial charge in [-0.2, -0.15) is 0 Å². The van der Waals surface area contributed by atoms with Crippen LogP contribution in [0.5, 0.6) is 0 Å². The van der Waals surface area contributed by atoms with E-state index >= 15 is 0 Å². The van der Waals surface area contributed by atoms with Crippen molar-refractivity contribution in [3.05, 3.63) is 29.6 Å². The number of nitrogens with one attached hydrogen (secondary N) is 1. The Kier molecular flexibility index (Phi) is 4.95. The maximum atomic E-state index is 11.7. The number of hydrogen-bond donors (Lipinski definition) is 3. The first-order valence-corrected chi connectivity index (χ1v) is 5.19. The molecule has 0 fully saturated rings. The van der Waals surface area contributed by atoms with Gasteiger partial charge in [-0.15, -0.1) is 0 Å². The Morgan fingerprint density at radius 2 is 2.16 bits per heavy atom. The minimum Gasteiger partial charge on any atom is -0.478 e. The molecule has 0 aromatic carbocycles. The third kappa shape index (κ3) is 3.75. The van der Waals surface area contributed by atoms with Gasteiger partial charge in [0.05, 0.1) is 19.2 Å². The molecule has 19 heavy (non-hydrogen) atoms. The Labute approximate surface area is 108 Å². The van der Waals surface area contributed by atoms with Crippen LogP contribution in [0, 0.1) is 0 Å². The van der Waals surface area contributed by atoms with E-state index in [0.29, 0.717) is 0 Å². The molecule has 8 heteroatoms. The number of pyridine rings is 1. The van der Waals surface area contributed by atoms with Gasteiger partial charge in [0.15, 0.2) is 6.10 Å². The number of rotatable bonds is 5. The van der Waals surface area contributed by atoms with Gasteiger partial charge in [0.2, 0.25) is 0 Å². The Hall–Kier alpha value is -2.48. The van der Waals surface area contributed by atoms with Gasteiger partial charge < -0.3 is 20.3 Å². The zero-order chi connectivity index (χ0) is 14.4. The number of carboxylic acids is 1. The largest absolute Gasteiger partial charge is 0.478 e. The summed E-state index contributed by atoms with van der Waals surface area (Å²) in [6.07, 6.45) is -0.260. The van der Waals surface area contributed by atoms with Crippen molar-refractivity contribution in [1.29, 1.82) is 0 Å². The van der Waals surface area contributed by atoms with Crippen molar-refractivity contribution in [1.82, 2.24) is 10.3 Å². The van der Waals surface area contributed by atoms with E-state index in [1.807, 2.05) is 0 Å². The number of aromatic nitrogens is 1. The molecule has 0 aliphatic rings. The molecule has 1 unspecified atom stereocenters. The zero-order valence-corrected chi connectivity index (χ0v) is 9.99. The zero-order valence-electron chi connectivity index (χ0n) is 9.99. The van der Waals surface area contributed by atoms with E-state index < -0.39 is 30.5 Å². The van der Waals surface area contributed by atoms with Crippen LogP contribution in [0.4, 0.5) is 0 Å². The second-order valence-electron chi connectivity index (χ2n) is 3.45. The van der Waals surface area contributed by atoms with Crippen LogP contribution >= 0.6 is 0 Å². The summed E-state index contributed by atoms with van der Waals surface area (Å²) in [7, 11) is 1.09. The third-order valence-corrected chi connectivity index (χ3v) is 2.18. The van der Waals surface area contributed by atoms with E-state index in [-0.39, 0.29) is 11.3 Å². The van der Waals surface area contributed by atoms with Gasteiger partial charge in [-0.1, -0.05) is 0 Å². The molecule has 3 N–H and O–H groups in total. The van der Waals surface area contributed by atoms with E-state index in [9.17, 15) is 19.5 Å². The number of ether oxygens (including phenoxy) is 1. The van der Waals surface area contributed by atoms with Crippen molar-refractivity contribution < 1.29 is 29.3 Å². The van der Waals surface area contributed by atoms with Gasteiger partial charge >= 0.3 is 11.9 Å². The lowest BCUT2D eigenvalue weighted by Crippen LogP contribution is -2.38. The molecule has 1 atom stereocenters. The van der Waals surface area contributed by atoms with Crippen LogP contribution in [-0.4, -0.2) is 52.8 Å². The second-order valence-corrected chi connectivity index (χ2v) is 3.45. The van der Waals surface area contributed by atoms with Gasteiger partial charge in [-0.05, 0) is 12.1 Å². The topological polar surface area (TPSA) is 126 Å². The normalized spacial score (nSPS) is 11.5. The number of aliphatic hydroxyl groups is 1. The number of methoxy groups -OCH3 is 1. The minimum atomic E-state index is -1.52. The summed E-state index contributed by atoms with van der Waals surface area (Å²) in [5, 5.41) is 20.3. The fourth-order valence-electron chi connectivity index (χ4n) is 1.25. The molecule has 0 aliphatic heterocycles. The van der Waals surface area contributed by atoms with E-state index in [0.717, 1.165) is 7.11 Å². The summed E-state index contributed by atoms with van der Waals surface area (Å²) in [6.45, 7) is -0.402. The molecule has 0 aliphatic carbocycles. The van der Waals surface area contributed by atoms with Crippen molar-refractivity contribution >= 4 is 17.8 Å². The van der Waals surface area contributed by atoms with Gasteiger partial charge in [0, 0.05) is 6.20 Å². The highest BCUT2D eigenvalue weighted by Crippen LogP contribution is 2.05. The Morgan fingerprint density at radius 1 is 1.47 bits per heavy atom. The van der Waals surface area contributed by atoms with Gasteiger partial charge in [0.25, 0.3) is 5.91 Å². The molecule has 8 nitrogen and oxygen atoms in total. The molecule has 1 amide bonds. The Bertz CT molecular complexity index is 502. The van der Waals surface area contributed by atoms with Crippen LogP contribution in [0.1, 0.15) is 20.8 Å². The summed E-state index contributed by atoms with van der Waals surface area (Å²) in [6, 6.07) is 2.60. The molecule has 0 saturated heterocycles. The van der Waals surface area contributed by atoms with Gasteiger partial charge in [0.1, 0.15) is 5.69 Å². The standard InChI is InChI=1S/C11H12N2O6/c1-19-11(18)7(14)5-13-9(15)8-6(10(16)17)3-2-4-12-8/h2-4,7,14H,5H2,1H3,(H,13,15)(H,16,17). The van der Waals surface area contributed by atoms with Crippen molar-refractivity contribution in [3.63, 3.8) is 0 Å². The highest BCUT2D eigenvalue weighted by atomic mass is 16.5. The SMILES string of the molecule is COC(=O)C(O)CNC(=O)c1ncccc1C(=O)O. The van der Waals surface area contributed by atoms with Crippen LogP contribution in [-0.2, 0) is 9.53 Å². The monoisotopic (exact) mass is 268 g/mol. The molecular weight excluding hydrogens is 256 g/mol. The van der Waals surface area contributed by atoms with Crippen LogP contribution in [0.2, 0.25) is 0 Å². The molecule has 1 heterocycles. The fourth-order valence-corrected chi connectivity index (χ4v) is 1.25. The van der Waals surface area contributed by atoms with Crippen molar-refractivity contribution in [2.45, 2.75) is 6.10 Å². The summed E-state index contributed by atoms with van der Waals surface area (Å²) >= 11 is 0.